The van der Waals surface area contributed by atoms with Crippen molar-refractivity contribution in [3.05, 3.63) is 41.2 Å². The molecule has 8 nitrogen and oxygen atoms in total. The molecule has 1 saturated heterocycles. The van der Waals surface area contributed by atoms with Crippen LogP contribution < -0.4 is 10.6 Å². The number of nitrogens with zero attached hydrogens (tertiary/aromatic N) is 5. The summed E-state index contributed by atoms with van der Waals surface area (Å²) in [5, 5.41) is 11.3. The topological polar surface area (TPSA) is 115 Å². The fraction of sp³-hybridized carbons (Fsp3) is 0.583. The van der Waals surface area contributed by atoms with Crippen molar-refractivity contribution in [1.29, 1.82) is 0 Å². The van der Waals surface area contributed by atoms with E-state index < -0.39 is 0 Å². The molecule has 1 aliphatic heterocycles. The van der Waals surface area contributed by atoms with Crippen LogP contribution in [0.2, 0.25) is 0 Å². The second kappa shape index (κ2) is 20.1. The van der Waals surface area contributed by atoms with Crippen molar-refractivity contribution in [3.63, 3.8) is 0 Å². The molecule has 3 aromatic rings. The first kappa shape index (κ1) is 40.6. The molecular weight excluding hydrogens is 578 g/mol. The lowest BCUT2D eigenvalue weighted by molar-refractivity contribution is 0.186. The molecule has 3 heterocycles. The number of aliphatic hydroxyl groups excluding tert-OH is 1. The van der Waals surface area contributed by atoms with E-state index in [0.29, 0.717) is 5.92 Å². The molecular formula is C24H44Cl4N6O2S. The highest BCUT2D eigenvalue weighted by atomic mass is 35.5. The number of benzene rings is 1. The number of aromatic nitrogens is 3. The second-order valence-electron chi connectivity index (χ2n) is 8.99. The van der Waals surface area contributed by atoms with Gasteiger partial charge in [0, 0.05) is 45.1 Å². The average Bonchev–Trinajstić information content (AvgIpc) is 3.35. The number of fused-ring (bicyclic) bond motifs is 1. The maximum Gasteiger partial charge on any atom is 0.185 e. The monoisotopic (exact) mass is 620 g/mol. The van der Waals surface area contributed by atoms with Gasteiger partial charge in [-0.15, -0.1) is 61.0 Å². The number of hydrogen-bond acceptors (Lipinski definition) is 7. The minimum absolute atomic E-state index is 0. The van der Waals surface area contributed by atoms with Gasteiger partial charge in [-0.1, -0.05) is 12.1 Å². The Bertz CT molecular complexity index is 978. The van der Waals surface area contributed by atoms with Gasteiger partial charge in [0.1, 0.15) is 5.82 Å². The van der Waals surface area contributed by atoms with Gasteiger partial charge in [0.2, 0.25) is 0 Å². The minimum atomic E-state index is -0.167. The van der Waals surface area contributed by atoms with Crippen LogP contribution in [0, 0.1) is 5.92 Å². The van der Waals surface area contributed by atoms with E-state index >= 15 is 0 Å². The Hall–Kier alpha value is -0.880. The lowest BCUT2D eigenvalue weighted by atomic mass is 9.93. The molecule has 216 valence electrons. The van der Waals surface area contributed by atoms with Crippen LogP contribution in [0.1, 0.15) is 38.2 Å². The molecule has 0 atom stereocenters. The van der Waals surface area contributed by atoms with Crippen LogP contribution in [0.3, 0.4) is 0 Å². The SMILES string of the molecule is CC(C)O.CN(C)c1nc(Cn2c(CC3CCN(CCN)CC3)nc3ccccc32)cs1.Cl.Cl.Cl.Cl.O. The second-order valence-corrected chi connectivity index (χ2v) is 9.83. The largest absolute Gasteiger partial charge is 0.412 e. The van der Waals surface area contributed by atoms with E-state index in [1.54, 1.807) is 25.2 Å². The number of aliphatic hydroxyl groups is 1. The number of likely N-dealkylation sites (tertiary alicyclic amines) is 1. The summed E-state index contributed by atoms with van der Waals surface area (Å²) in [4.78, 5) is 14.3. The molecule has 5 N–H and O–H groups in total. The molecule has 0 spiro atoms. The number of piperidine rings is 1. The number of rotatable bonds is 7. The molecule has 1 aliphatic rings. The third kappa shape index (κ3) is 12.2. The Balaban J connectivity index is -0.00000120. The van der Waals surface area contributed by atoms with Crippen LogP contribution >= 0.6 is 61.0 Å². The molecule has 1 fully saturated rings. The van der Waals surface area contributed by atoms with Gasteiger partial charge < -0.3 is 30.7 Å². The fourth-order valence-corrected chi connectivity index (χ4v) is 4.80. The zero-order chi connectivity index (χ0) is 23.1. The minimum Gasteiger partial charge on any atom is -0.412 e. The van der Waals surface area contributed by atoms with E-state index in [4.69, 9.17) is 20.8 Å². The Morgan fingerprint density at radius 2 is 1.68 bits per heavy atom. The molecule has 1 aromatic carbocycles. The normalized spacial score (nSPS) is 13.2. The van der Waals surface area contributed by atoms with Crippen molar-refractivity contribution in [2.24, 2.45) is 11.7 Å². The number of hydrogen-bond donors (Lipinski definition) is 2. The molecule has 4 rings (SSSR count). The molecule has 0 radical (unpaired) electrons. The summed E-state index contributed by atoms with van der Waals surface area (Å²) >= 11 is 1.70. The predicted molar refractivity (Wildman–Crippen MR) is 167 cm³/mol. The smallest absolute Gasteiger partial charge is 0.185 e. The van der Waals surface area contributed by atoms with Gasteiger partial charge in [-0.25, -0.2) is 9.97 Å². The molecule has 13 heteroatoms. The number of halogens is 4. The summed E-state index contributed by atoms with van der Waals surface area (Å²) in [6.45, 7) is 8.30. The molecule has 0 amide bonds. The third-order valence-corrected chi connectivity index (χ3v) is 6.66. The van der Waals surface area contributed by atoms with Gasteiger partial charge in [-0.2, -0.15) is 0 Å². The van der Waals surface area contributed by atoms with Gasteiger partial charge in [-0.3, -0.25) is 0 Å². The number of thiazole rings is 1. The summed E-state index contributed by atoms with van der Waals surface area (Å²) in [6, 6.07) is 8.46. The fourth-order valence-electron chi connectivity index (χ4n) is 4.05. The van der Waals surface area contributed by atoms with E-state index in [9.17, 15) is 0 Å². The van der Waals surface area contributed by atoms with Crippen LogP contribution in [0.25, 0.3) is 11.0 Å². The molecule has 0 unspecified atom stereocenters. The number of para-hydroxylation sites is 2. The molecule has 0 saturated carbocycles. The highest BCUT2D eigenvalue weighted by Gasteiger charge is 2.22. The first-order chi connectivity index (χ1) is 15.4. The van der Waals surface area contributed by atoms with Gasteiger partial charge in [0.25, 0.3) is 0 Å². The number of anilines is 1. The summed E-state index contributed by atoms with van der Waals surface area (Å²) in [5.74, 6) is 1.88. The first-order valence-corrected chi connectivity index (χ1v) is 12.4. The van der Waals surface area contributed by atoms with Crippen molar-refractivity contribution in [3.8, 4) is 0 Å². The maximum absolute atomic E-state index is 8.06. The van der Waals surface area contributed by atoms with Gasteiger partial charge in [-0.05, 0) is 57.8 Å². The van der Waals surface area contributed by atoms with Crippen molar-refractivity contribution in [2.75, 3.05) is 45.2 Å². The van der Waals surface area contributed by atoms with E-state index in [1.165, 1.54) is 24.2 Å². The average molecular weight is 623 g/mol. The van der Waals surface area contributed by atoms with Gasteiger partial charge >= 0.3 is 0 Å². The van der Waals surface area contributed by atoms with Crippen LogP contribution in [-0.2, 0) is 13.0 Å². The summed E-state index contributed by atoms with van der Waals surface area (Å²) in [7, 11) is 4.08. The lowest BCUT2D eigenvalue weighted by Gasteiger charge is -2.31. The van der Waals surface area contributed by atoms with E-state index in [1.807, 2.05) is 14.1 Å². The summed E-state index contributed by atoms with van der Waals surface area (Å²) < 4.78 is 2.37. The van der Waals surface area contributed by atoms with Crippen molar-refractivity contribution in [1.82, 2.24) is 19.4 Å². The molecule has 37 heavy (non-hydrogen) atoms. The third-order valence-electron chi connectivity index (χ3n) is 5.60. The first-order valence-electron chi connectivity index (χ1n) is 11.5. The quantitative estimate of drug-likeness (QED) is 0.411. The zero-order valence-electron chi connectivity index (χ0n) is 22.0. The lowest BCUT2D eigenvalue weighted by Crippen LogP contribution is -2.37. The van der Waals surface area contributed by atoms with E-state index in [-0.39, 0.29) is 61.2 Å². The van der Waals surface area contributed by atoms with E-state index in [0.717, 1.165) is 55.5 Å². The Morgan fingerprint density at radius 3 is 2.22 bits per heavy atom. The number of nitrogens with two attached hydrogens (primary N) is 1. The van der Waals surface area contributed by atoms with Crippen LogP contribution in [0.4, 0.5) is 5.13 Å². The summed E-state index contributed by atoms with van der Waals surface area (Å²) in [6.07, 6.45) is 3.32. The standard InChI is InChI=1S/C21H30N6S.C3H8O.4ClH.H2O/c1-25(2)21-23-17(15-28-21)14-27-19-6-4-3-5-18(19)24-20(27)13-16-7-10-26(11-8-16)12-9-22;1-3(2)4;;;;;/h3-6,15-16H,7-14,22H2,1-2H3;3-4H,1-2H3;4*1H;1H2. The highest BCUT2D eigenvalue weighted by Crippen LogP contribution is 2.26. The van der Waals surface area contributed by atoms with Crippen molar-refractivity contribution in [2.45, 2.75) is 45.8 Å². The summed E-state index contributed by atoms with van der Waals surface area (Å²) in [5.41, 5.74) is 9.11. The Labute approximate surface area is 250 Å². The van der Waals surface area contributed by atoms with Gasteiger partial charge in [0.15, 0.2) is 5.13 Å². The maximum atomic E-state index is 8.06. The van der Waals surface area contributed by atoms with Crippen molar-refractivity contribution >= 4 is 77.1 Å². The van der Waals surface area contributed by atoms with E-state index in [2.05, 4.69) is 44.0 Å². The number of imidazole rings is 1. The Morgan fingerprint density at radius 1 is 1.08 bits per heavy atom. The van der Waals surface area contributed by atoms with Crippen LogP contribution in [-0.4, -0.2) is 76.4 Å². The molecule has 0 bridgehead atoms. The molecule has 0 aliphatic carbocycles. The Kier molecular flexibility index (Phi) is 22.0. The predicted octanol–water partition coefficient (Wildman–Crippen LogP) is 4.07. The van der Waals surface area contributed by atoms with Crippen LogP contribution in [0.5, 0.6) is 0 Å². The zero-order valence-corrected chi connectivity index (χ0v) is 26.1. The highest BCUT2D eigenvalue weighted by molar-refractivity contribution is 7.13. The van der Waals surface area contributed by atoms with Crippen molar-refractivity contribution < 1.29 is 10.6 Å². The van der Waals surface area contributed by atoms with Gasteiger partial charge in [0.05, 0.1) is 23.3 Å². The molecule has 2 aromatic heterocycles. The van der Waals surface area contributed by atoms with Crippen LogP contribution in [0.15, 0.2) is 29.6 Å².